The molecule has 0 aromatic heterocycles. The van der Waals surface area contributed by atoms with E-state index < -0.39 is 53.8 Å². The quantitative estimate of drug-likeness (QED) is 0.177. The molecule has 0 spiro atoms. The number of para-hydroxylation sites is 2. The van der Waals surface area contributed by atoms with E-state index in [0.717, 1.165) is 0 Å². The second-order valence-corrected chi connectivity index (χ2v) is 56.1. The van der Waals surface area contributed by atoms with Crippen molar-refractivity contribution in [2.24, 2.45) is 0 Å². The molecule has 0 aliphatic heterocycles. The molecule has 0 heterocycles. The summed E-state index contributed by atoms with van der Waals surface area (Å²) in [5, 5.41) is 6.26. The van der Waals surface area contributed by atoms with Crippen LogP contribution >= 0.6 is 0 Å². The van der Waals surface area contributed by atoms with Gasteiger partial charge >= 0.3 is 390 Å². The maximum atomic E-state index is 4.25. The zero-order valence-corrected chi connectivity index (χ0v) is 47.2. The molecule has 2 aliphatic rings. The number of halogens is 2. The van der Waals surface area contributed by atoms with Gasteiger partial charge in [0.05, 0.1) is 0 Å². The Balaban J connectivity index is 0.000000186. The van der Waals surface area contributed by atoms with Crippen molar-refractivity contribution in [1.82, 2.24) is 0 Å². The molecule has 8 aromatic rings. The number of anilines is 2. The SMILES string of the molecule is Cc1ccccc1[NH][Hf+]([CH]1C=Cc2ccccc21)[SiH](c1ccccc1)c1ccccc1.Cc1ccccc1[NH][Hf+]([CH]1C=Cc2ccccc21)[SiH](c1ccccc1)c1ccccc1.[Cl-].[Cl-]. The Kier molecular flexibility index (Phi) is 17.2. The van der Waals surface area contributed by atoms with Crippen LogP contribution < -0.4 is 52.2 Å². The van der Waals surface area contributed by atoms with Crippen LogP contribution in [0.3, 0.4) is 0 Å². The van der Waals surface area contributed by atoms with Gasteiger partial charge in [-0.3, -0.25) is 0 Å². The van der Waals surface area contributed by atoms with Crippen molar-refractivity contribution in [1.29, 1.82) is 0 Å². The molecule has 2 aliphatic carbocycles. The Hall–Kier alpha value is -4.41. The molecule has 2 nitrogen and oxygen atoms in total. The topological polar surface area (TPSA) is 24.1 Å². The Bertz CT molecular complexity index is 2510. The van der Waals surface area contributed by atoms with Crippen LogP contribution in [0.1, 0.15) is 40.7 Å². The van der Waals surface area contributed by atoms with E-state index in [1.165, 1.54) is 44.8 Å². The predicted octanol–water partition coefficient (Wildman–Crippen LogP) is 4.50. The van der Waals surface area contributed by atoms with Gasteiger partial charge in [-0.2, -0.15) is 0 Å². The van der Waals surface area contributed by atoms with Crippen molar-refractivity contribution in [3.63, 3.8) is 0 Å². The number of benzene rings is 8. The standard InChI is InChI=1S/2C12H11Si.2C9H7.2C7H8N.2ClH.2Hf/c2*1-3-7-11(8-4-1)13-12-9-5-2-6-10-12;2*1-2-5-9-7-3-6-8(9)4-1;2*1-6-4-2-3-5-7(6)8;;;;/h2*1-10,13H;2*1-7H;2*2-5,8H,1H3;2*1H;;/q;;;;2*-1;;;2*+2/p-2. The van der Waals surface area contributed by atoms with Crippen molar-refractivity contribution in [3.05, 3.63) is 264 Å². The predicted molar refractivity (Wildman–Crippen MR) is 265 cm³/mol. The monoisotopic (exact) mass is 1240 g/mol. The van der Waals surface area contributed by atoms with Gasteiger partial charge in [0, 0.05) is 0 Å². The molecule has 0 saturated carbocycles. The van der Waals surface area contributed by atoms with E-state index in [9.17, 15) is 0 Å². The first-order chi connectivity index (χ1) is 30.6. The van der Waals surface area contributed by atoms with E-state index in [2.05, 4.69) is 263 Å². The van der Waals surface area contributed by atoms with Gasteiger partial charge < -0.3 is 24.8 Å². The zero-order chi connectivity index (χ0) is 42.1. The fourth-order valence-electron chi connectivity index (χ4n) is 9.12. The molecule has 0 radical (unpaired) electrons. The maximum absolute atomic E-state index is 4.25. The molecule has 0 fully saturated rings. The molecule has 2 atom stereocenters. The van der Waals surface area contributed by atoms with Crippen molar-refractivity contribution in [3.8, 4) is 0 Å². The largest absolute Gasteiger partial charge is 1.00 e. The molecule has 2 N–H and O–H groups in total. The summed E-state index contributed by atoms with van der Waals surface area (Å²) < 4.78 is 9.61. The number of hydrogen-bond acceptors (Lipinski definition) is 2. The molecule has 8 aromatic carbocycles. The summed E-state index contributed by atoms with van der Waals surface area (Å²) in [5.41, 5.74) is 11.2. The van der Waals surface area contributed by atoms with E-state index in [4.69, 9.17) is 0 Å². The van der Waals surface area contributed by atoms with Crippen LogP contribution in [-0.4, -0.2) is 12.0 Å². The van der Waals surface area contributed by atoms with Gasteiger partial charge in [0.15, 0.2) is 0 Å². The van der Waals surface area contributed by atoms with Gasteiger partial charge in [0.2, 0.25) is 0 Å². The first-order valence-electron chi connectivity index (χ1n) is 21.7. The number of aryl methyl sites for hydroxylation is 2. The van der Waals surface area contributed by atoms with Gasteiger partial charge in [-0.15, -0.1) is 0 Å². The van der Waals surface area contributed by atoms with Crippen LogP contribution in [0, 0.1) is 13.8 Å². The van der Waals surface area contributed by atoms with Crippen molar-refractivity contribution < 1.29 is 66.6 Å². The minimum Gasteiger partial charge on any atom is -1.00 e. The van der Waals surface area contributed by atoms with Gasteiger partial charge in [-0.1, -0.05) is 0 Å². The average Bonchev–Trinajstić information content (AvgIpc) is 3.97. The fraction of sp³-hybridized carbons (Fsp3) is 0.0714. The molecule has 0 saturated heterocycles. The Labute approximate surface area is 410 Å². The van der Waals surface area contributed by atoms with Crippen LogP contribution in [0.4, 0.5) is 11.4 Å². The van der Waals surface area contributed by atoms with E-state index in [0.29, 0.717) is 7.35 Å². The molecule has 2 unspecified atom stereocenters. The van der Waals surface area contributed by atoms with Crippen molar-refractivity contribution >= 4 is 56.2 Å². The molecule has 10 rings (SSSR count). The summed E-state index contributed by atoms with van der Waals surface area (Å²) in [4.78, 5) is 0. The molecule has 8 heteroatoms. The van der Waals surface area contributed by atoms with Crippen LogP contribution in [0.25, 0.3) is 12.2 Å². The summed E-state index contributed by atoms with van der Waals surface area (Å²) in [6.07, 6.45) is 9.71. The second kappa shape index (κ2) is 23.2. The molecule has 316 valence electrons. The first-order valence-corrected chi connectivity index (χ1v) is 45.4. The first kappa shape index (κ1) is 47.6. The fourth-order valence-corrected chi connectivity index (χ4v) is 68.5. The maximum Gasteiger partial charge on any atom is -1.00 e. The summed E-state index contributed by atoms with van der Waals surface area (Å²) in [5.74, 6) is -2.83. The number of nitrogens with one attached hydrogen (secondary N) is 2. The number of rotatable bonds is 12. The van der Waals surface area contributed by atoms with E-state index in [1.807, 2.05) is 0 Å². The zero-order valence-electron chi connectivity index (χ0n) is 36.2. The summed E-state index contributed by atoms with van der Waals surface area (Å²) in [7, 11) is 0. The van der Waals surface area contributed by atoms with Crippen molar-refractivity contribution in [2.45, 2.75) is 21.2 Å². The Morgan fingerprint density at radius 2 is 0.625 bits per heavy atom. The van der Waals surface area contributed by atoms with Gasteiger partial charge in [-0.05, 0) is 0 Å². The number of allylic oxidation sites excluding steroid dienone is 2. The van der Waals surface area contributed by atoms with Crippen LogP contribution in [0.2, 0.25) is 0 Å². The summed E-state index contributed by atoms with van der Waals surface area (Å²) >= 11 is -5.07. The average molecular weight is 1240 g/mol. The summed E-state index contributed by atoms with van der Waals surface area (Å²) in [6.45, 7) is 4.46. The summed E-state index contributed by atoms with van der Waals surface area (Å²) in [6, 6.07) is 80.9. The molecule has 64 heavy (non-hydrogen) atoms. The van der Waals surface area contributed by atoms with Crippen LogP contribution in [-0.2, 0) is 41.8 Å². The third-order valence-corrected chi connectivity index (χ3v) is 66.2. The van der Waals surface area contributed by atoms with Gasteiger partial charge in [0.25, 0.3) is 0 Å². The molecule has 0 bridgehead atoms. The minimum absolute atomic E-state index is 0. The third-order valence-electron chi connectivity index (χ3n) is 12.3. The van der Waals surface area contributed by atoms with Crippen LogP contribution in [0.15, 0.2) is 231 Å². The number of hydrogen-bond donors (Lipinski definition) is 2. The van der Waals surface area contributed by atoms with Crippen molar-refractivity contribution in [2.75, 3.05) is 6.61 Å². The smallest absolute Gasteiger partial charge is 1.00 e. The molecule has 0 amide bonds. The van der Waals surface area contributed by atoms with Gasteiger partial charge in [0.1, 0.15) is 0 Å². The van der Waals surface area contributed by atoms with Gasteiger partial charge in [-0.25, -0.2) is 0 Å². The van der Waals surface area contributed by atoms with E-state index in [1.54, 1.807) is 20.7 Å². The Morgan fingerprint density at radius 1 is 0.344 bits per heavy atom. The number of fused-ring (bicyclic) bond motifs is 2. The third kappa shape index (κ3) is 11.0. The Morgan fingerprint density at radius 3 is 0.953 bits per heavy atom. The van der Waals surface area contributed by atoms with E-state index in [-0.39, 0.29) is 24.8 Å². The second-order valence-electron chi connectivity index (χ2n) is 16.2. The molecular weight excluding hydrogens is 1180 g/mol. The minimum atomic E-state index is -2.53. The normalized spacial score (nSPS) is 14.0. The van der Waals surface area contributed by atoms with E-state index >= 15 is 0 Å². The van der Waals surface area contributed by atoms with Crippen LogP contribution in [0.5, 0.6) is 0 Å². The molecular formula is C56H52Cl2Hf2N2Si2.